The number of sulfonamides is 1. The van der Waals surface area contributed by atoms with E-state index >= 15 is 0 Å². The molecular weight excluding hydrogens is 396 g/mol. The molecule has 148 valence electrons. The number of rotatable bonds is 4. The van der Waals surface area contributed by atoms with Gasteiger partial charge in [-0.05, 0) is 43.6 Å². The number of benzene rings is 1. The van der Waals surface area contributed by atoms with Crippen LogP contribution in [0.4, 0.5) is 11.5 Å². The molecule has 4 rings (SSSR count). The fraction of sp³-hybridized carbons (Fsp3) is 0.389. The van der Waals surface area contributed by atoms with Gasteiger partial charge >= 0.3 is 0 Å². The Hall–Kier alpha value is -2.17. The Balaban J connectivity index is 1.39. The Bertz CT molecular complexity index is 1020. The maximum absolute atomic E-state index is 11.3. The number of amidine groups is 1. The molecule has 3 heterocycles. The minimum Gasteiger partial charge on any atom is -0.386 e. The number of hydrogen-bond donors (Lipinski definition) is 2. The van der Waals surface area contributed by atoms with Crippen LogP contribution < -0.4 is 11.1 Å². The fourth-order valence-electron chi connectivity index (χ4n) is 3.49. The summed E-state index contributed by atoms with van der Waals surface area (Å²) in [7, 11) is -3.43. The Morgan fingerprint density at radius 3 is 2.82 bits per heavy atom. The van der Waals surface area contributed by atoms with Crippen molar-refractivity contribution in [3.8, 4) is 0 Å². The van der Waals surface area contributed by atoms with Gasteiger partial charge < -0.3 is 11.1 Å². The SMILES string of the molecule is CS(=O)(=O)/N=C(\N)C1CCN(Cc2ccc3c(c2)Nc2nccnc2S3)CC1. The number of nitrogens with zero attached hydrogens (tertiary/aromatic N) is 4. The number of aromatic nitrogens is 2. The zero-order chi connectivity index (χ0) is 19.7. The third kappa shape index (κ3) is 4.45. The van der Waals surface area contributed by atoms with Gasteiger partial charge in [0, 0.05) is 29.8 Å². The van der Waals surface area contributed by atoms with Gasteiger partial charge in [0.05, 0.1) is 11.9 Å². The van der Waals surface area contributed by atoms with E-state index in [1.807, 2.05) is 0 Å². The maximum Gasteiger partial charge on any atom is 0.251 e. The molecule has 1 fully saturated rings. The summed E-state index contributed by atoms with van der Waals surface area (Å²) in [6.07, 6.45) is 6.08. The molecule has 0 bridgehead atoms. The maximum atomic E-state index is 11.3. The molecule has 10 heteroatoms. The number of likely N-dealkylation sites (tertiary alicyclic amines) is 1. The van der Waals surface area contributed by atoms with Crippen molar-refractivity contribution in [3.05, 3.63) is 36.2 Å². The van der Waals surface area contributed by atoms with Crippen molar-refractivity contribution in [3.63, 3.8) is 0 Å². The quantitative estimate of drug-likeness (QED) is 0.490. The molecular formula is C18H22N6O2S2. The lowest BCUT2D eigenvalue weighted by Crippen LogP contribution is -2.38. The van der Waals surface area contributed by atoms with Crippen LogP contribution in [0, 0.1) is 5.92 Å². The van der Waals surface area contributed by atoms with Crippen molar-refractivity contribution in [2.45, 2.75) is 29.3 Å². The molecule has 2 aromatic rings. The second kappa shape index (κ2) is 7.69. The molecule has 3 N–H and O–H groups in total. The van der Waals surface area contributed by atoms with Crippen LogP contribution in [-0.2, 0) is 16.6 Å². The highest BCUT2D eigenvalue weighted by atomic mass is 32.2. The molecule has 1 aromatic carbocycles. The Morgan fingerprint density at radius 2 is 2.07 bits per heavy atom. The number of piperidine rings is 1. The molecule has 28 heavy (non-hydrogen) atoms. The largest absolute Gasteiger partial charge is 0.386 e. The fourth-order valence-corrected chi connectivity index (χ4v) is 4.90. The summed E-state index contributed by atoms with van der Waals surface area (Å²) in [5.41, 5.74) is 8.15. The Kier molecular flexibility index (Phi) is 5.26. The molecule has 1 aromatic heterocycles. The van der Waals surface area contributed by atoms with Crippen molar-refractivity contribution in [1.82, 2.24) is 14.9 Å². The molecule has 2 aliphatic rings. The minimum atomic E-state index is -3.43. The molecule has 0 amide bonds. The first-order chi connectivity index (χ1) is 13.4. The van der Waals surface area contributed by atoms with Crippen molar-refractivity contribution >= 4 is 39.1 Å². The third-order valence-corrected chi connectivity index (χ3v) is 6.46. The average Bonchev–Trinajstić information content (AvgIpc) is 2.65. The van der Waals surface area contributed by atoms with E-state index in [9.17, 15) is 8.42 Å². The number of nitrogens with two attached hydrogens (primary N) is 1. The number of hydrogen-bond acceptors (Lipinski definition) is 7. The van der Waals surface area contributed by atoms with E-state index in [4.69, 9.17) is 5.73 Å². The predicted octanol–water partition coefficient (Wildman–Crippen LogP) is 2.21. The third-order valence-electron chi connectivity index (χ3n) is 4.85. The van der Waals surface area contributed by atoms with E-state index in [2.05, 4.69) is 42.8 Å². The lowest BCUT2D eigenvalue weighted by atomic mass is 9.95. The van der Waals surface area contributed by atoms with E-state index in [0.29, 0.717) is 0 Å². The standard InChI is InChI=1S/C18H22N6O2S2/c1-28(25,26)23-16(19)13-4-8-24(9-5-13)11-12-2-3-15-14(10-12)22-17-18(27-15)21-7-6-20-17/h2-3,6-7,10,13H,4-5,8-9,11H2,1H3,(H2,19,23)(H,20,22). The molecule has 0 spiro atoms. The normalized spacial score (nSPS) is 18.2. The number of nitrogens with one attached hydrogen (secondary N) is 1. The van der Waals surface area contributed by atoms with Crippen LogP contribution in [0.2, 0.25) is 0 Å². The molecule has 0 atom stereocenters. The second-order valence-corrected chi connectivity index (χ2v) is 9.75. The summed E-state index contributed by atoms with van der Waals surface area (Å²) < 4.78 is 26.2. The molecule has 2 aliphatic heterocycles. The van der Waals surface area contributed by atoms with Crippen molar-refractivity contribution in [1.29, 1.82) is 0 Å². The van der Waals surface area contributed by atoms with Crippen LogP contribution in [0.25, 0.3) is 0 Å². The van der Waals surface area contributed by atoms with Crippen molar-refractivity contribution in [2.75, 3.05) is 24.7 Å². The van der Waals surface area contributed by atoms with Crippen LogP contribution in [0.3, 0.4) is 0 Å². The molecule has 8 nitrogen and oxygen atoms in total. The molecule has 0 aliphatic carbocycles. The zero-order valence-corrected chi connectivity index (χ0v) is 17.1. The van der Waals surface area contributed by atoms with Crippen LogP contribution in [-0.4, -0.2) is 48.5 Å². The van der Waals surface area contributed by atoms with E-state index < -0.39 is 10.0 Å². The van der Waals surface area contributed by atoms with E-state index in [1.165, 1.54) is 5.56 Å². The summed E-state index contributed by atoms with van der Waals surface area (Å²) in [6.45, 7) is 2.55. The van der Waals surface area contributed by atoms with Gasteiger partial charge in [0.2, 0.25) is 0 Å². The Morgan fingerprint density at radius 1 is 1.32 bits per heavy atom. The molecule has 0 saturated carbocycles. The summed E-state index contributed by atoms with van der Waals surface area (Å²) in [5.74, 6) is 1.05. The monoisotopic (exact) mass is 418 g/mol. The smallest absolute Gasteiger partial charge is 0.251 e. The van der Waals surface area contributed by atoms with E-state index in [0.717, 1.165) is 60.2 Å². The lowest BCUT2D eigenvalue weighted by Gasteiger charge is -2.31. The van der Waals surface area contributed by atoms with Gasteiger partial charge in [0.1, 0.15) is 10.9 Å². The van der Waals surface area contributed by atoms with Gasteiger partial charge in [-0.15, -0.1) is 0 Å². The summed E-state index contributed by atoms with van der Waals surface area (Å²) in [5, 5.41) is 4.25. The topological polar surface area (TPSA) is 114 Å². The highest BCUT2D eigenvalue weighted by Crippen LogP contribution is 2.42. The van der Waals surface area contributed by atoms with Crippen molar-refractivity contribution < 1.29 is 8.42 Å². The summed E-state index contributed by atoms with van der Waals surface area (Å²) >= 11 is 1.62. The van der Waals surface area contributed by atoms with Gasteiger partial charge in [-0.3, -0.25) is 4.90 Å². The first-order valence-electron chi connectivity index (χ1n) is 9.04. The highest BCUT2D eigenvalue weighted by molar-refractivity contribution is 7.99. The lowest BCUT2D eigenvalue weighted by molar-refractivity contribution is 0.201. The predicted molar refractivity (Wildman–Crippen MR) is 110 cm³/mol. The summed E-state index contributed by atoms with van der Waals surface area (Å²) in [4.78, 5) is 12.2. The number of anilines is 2. The summed E-state index contributed by atoms with van der Waals surface area (Å²) in [6, 6.07) is 6.41. The first-order valence-corrected chi connectivity index (χ1v) is 11.7. The van der Waals surface area contributed by atoms with Crippen LogP contribution in [0.5, 0.6) is 0 Å². The molecule has 0 unspecified atom stereocenters. The van der Waals surface area contributed by atoms with Crippen LogP contribution >= 0.6 is 11.8 Å². The second-order valence-electron chi connectivity index (χ2n) is 7.07. The van der Waals surface area contributed by atoms with Gasteiger partial charge in [-0.25, -0.2) is 18.4 Å². The zero-order valence-electron chi connectivity index (χ0n) is 15.5. The Labute approximate surface area is 168 Å². The first kappa shape index (κ1) is 19.2. The number of fused-ring (bicyclic) bond motifs is 2. The van der Waals surface area contributed by atoms with E-state index in [-0.39, 0.29) is 11.8 Å². The molecule has 1 saturated heterocycles. The van der Waals surface area contributed by atoms with Gasteiger partial charge in [0.15, 0.2) is 5.82 Å². The van der Waals surface area contributed by atoms with Gasteiger partial charge in [0.25, 0.3) is 10.0 Å². The minimum absolute atomic E-state index is 0.0302. The van der Waals surface area contributed by atoms with Gasteiger partial charge in [-0.1, -0.05) is 17.8 Å². The van der Waals surface area contributed by atoms with Crippen LogP contribution in [0.1, 0.15) is 18.4 Å². The van der Waals surface area contributed by atoms with Crippen molar-refractivity contribution in [2.24, 2.45) is 16.0 Å². The van der Waals surface area contributed by atoms with E-state index in [1.54, 1.807) is 24.2 Å². The molecule has 0 radical (unpaired) electrons. The highest BCUT2D eigenvalue weighted by Gasteiger charge is 2.24. The van der Waals surface area contributed by atoms with Gasteiger partial charge in [-0.2, -0.15) is 4.40 Å². The van der Waals surface area contributed by atoms with Crippen LogP contribution in [0.15, 0.2) is 44.9 Å². The average molecular weight is 419 g/mol.